The van der Waals surface area contributed by atoms with E-state index < -0.39 is 11.9 Å². The Balaban J connectivity index is 2.99. The summed E-state index contributed by atoms with van der Waals surface area (Å²) in [6, 6.07) is 3.35. The summed E-state index contributed by atoms with van der Waals surface area (Å²) in [7, 11) is 1.46. The van der Waals surface area contributed by atoms with Crippen molar-refractivity contribution >= 4 is 21.9 Å². The standard InChI is InChI=1S/C11H13BrO4/c1-6(11(14)15)5-7-3-4-8(16-2)10(13)9(7)12/h3-4,6,13H,5H2,1-2H3,(H,14,15). The first kappa shape index (κ1) is 12.8. The van der Waals surface area contributed by atoms with Crippen LogP contribution < -0.4 is 4.74 Å². The van der Waals surface area contributed by atoms with E-state index in [1.165, 1.54) is 7.11 Å². The van der Waals surface area contributed by atoms with Crippen LogP contribution in [-0.4, -0.2) is 23.3 Å². The molecule has 4 nitrogen and oxygen atoms in total. The number of ether oxygens (including phenoxy) is 1. The molecule has 0 amide bonds. The molecule has 0 radical (unpaired) electrons. The fourth-order valence-corrected chi connectivity index (χ4v) is 1.82. The second kappa shape index (κ2) is 5.21. The summed E-state index contributed by atoms with van der Waals surface area (Å²) in [5.41, 5.74) is 0.744. The number of hydrogen-bond donors (Lipinski definition) is 2. The summed E-state index contributed by atoms with van der Waals surface area (Å²) >= 11 is 3.23. The molecule has 1 aromatic carbocycles. The fourth-order valence-electron chi connectivity index (χ4n) is 1.33. The zero-order valence-electron chi connectivity index (χ0n) is 9.03. The van der Waals surface area contributed by atoms with Crippen molar-refractivity contribution in [2.24, 2.45) is 5.92 Å². The van der Waals surface area contributed by atoms with Crippen molar-refractivity contribution in [3.8, 4) is 11.5 Å². The number of carboxylic acids is 1. The van der Waals surface area contributed by atoms with Gasteiger partial charge in [-0.25, -0.2) is 0 Å². The number of methoxy groups -OCH3 is 1. The largest absolute Gasteiger partial charge is 0.503 e. The van der Waals surface area contributed by atoms with Crippen molar-refractivity contribution in [3.05, 3.63) is 22.2 Å². The van der Waals surface area contributed by atoms with Gasteiger partial charge < -0.3 is 14.9 Å². The first-order valence-electron chi connectivity index (χ1n) is 4.74. The van der Waals surface area contributed by atoms with Crippen LogP contribution >= 0.6 is 15.9 Å². The van der Waals surface area contributed by atoms with E-state index >= 15 is 0 Å². The normalized spacial score (nSPS) is 12.2. The zero-order chi connectivity index (χ0) is 12.3. The van der Waals surface area contributed by atoms with Crippen LogP contribution in [0, 0.1) is 5.92 Å². The Morgan fingerprint density at radius 3 is 2.69 bits per heavy atom. The van der Waals surface area contributed by atoms with Crippen LogP contribution in [0.15, 0.2) is 16.6 Å². The lowest BCUT2D eigenvalue weighted by molar-refractivity contribution is -0.141. The van der Waals surface area contributed by atoms with Crippen LogP contribution in [0.25, 0.3) is 0 Å². The molecule has 1 unspecified atom stereocenters. The Morgan fingerprint density at radius 2 is 2.19 bits per heavy atom. The third-order valence-corrected chi connectivity index (χ3v) is 3.21. The number of aromatic hydroxyl groups is 1. The van der Waals surface area contributed by atoms with E-state index in [4.69, 9.17) is 9.84 Å². The molecule has 0 spiro atoms. The van der Waals surface area contributed by atoms with Gasteiger partial charge in [0.2, 0.25) is 0 Å². The molecular weight excluding hydrogens is 276 g/mol. The van der Waals surface area contributed by atoms with Crippen molar-refractivity contribution in [2.75, 3.05) is 7.11 Å². The summed E-state index contributed by atoms with van der Waals surface area (Å²) in [4.78, 5) is 10.7. The van der Waals surface area contributed by atoms with Gasteiger partial charge in [-0.15, -0.1) is 0 Å². The number of aliphatic carboxylic acids is 1. The second-order valence-electron chi connectivity index (χ2n) is 3.53. The number of halogens is 1. The minimum atomic E-state index is -0.859. The number of carbonyl (C=O) groups is 1. The molecule has 5 heteroatoms. The van der Waals surface area contributed by atoms with Crippen molar-refractivity contribution < 1.29 is 19.7 Å². The van der Waals surface area contributed by atoms with E-state index in [2.05, 4.69) is 15.9 Å². The van der Waals surface area contributed by atoms with Crippen molar-refractivity contribution in [2.45, 2.75) is 13.3 Å². The quantitative estimate of drug-likeness (QED) is 0.893. The monoisotopic (exact) mass is 288 g/mol. The maximum absolute atomic E-state index is 10.7. The molecule has 0 aromatic heterocycles. The molecule has 0 aliphatic rings. The first-order chi connectivity index (χ1) is 7.47. The average molecular weight is 289 g/mol. The number of hydrogen-bond acceptors (Lipinski definition) is 3. The Hall–Kier alpha value is -1.23. The Bertz CT molecular complexity index is 403. The molecule has 1 aromatic rings. The maximum Gasteiger partial charge on any atom is 0.306 e. The van der Waals surface area contributed by atoms with Crippen LogP contribution in [0.2, 0.25) is 0 Å². The first-order valence-corrected chi connectivity index (χ1v) is 5.53. The molecule has 0 bridgehead atoms. The SMILES string of the molecule is COc1ccc(CC(C)C(=O)O)c(Br)c1O. The molecule has 0 saturated heterocycles. The molecule has 1 rings (SSSR count). The highest BCUT2D eigenvalue weighted by molar-refractivity contribution is 9.10. The number of phenolic OH excluding ortho intramolecular Hbond substituents is 1. The summed E-state index contributed by atoms with van der Waals surface area (Å²) in [6.45, 7) is 1.62. The average Bonchev–Trinajstić information content (AvgIpc) is 2.25. The van der Waals surface area contributed by atoms with Crippen molar-refractivity contribution in [1.29, 1.82) is 0 Å². The smallest absolute Gasteiger partial charge is 0.306 e. The molecule has 0 heterocycles. The lowest BCUT2D eigenvalue weighted by atomic mass is 10.0. The maximum atomic E-state index is 10.7. The molecule has 0 fully saturated rings. The van der Waals surface area contributed by atoms with Crippen LogP contribution in [0.5, 0.6) is 11.5 Å². The third kappa shape index (κ3) is 2.66. The summed E-state index contributed by atoms with van der Waals surface area (Å²) in [5.74, 6) is -0.998. The predicted molar refractivity (Wildman–Crippen MR) is 62.9 cm³/mol. The Morgan fingerprint density at radius 1 is 1.56 bits per heavy atom. The van der Waals surface area contributed by atoms with Gasteiger partial charge in [0, 0.05) is 0 Å². The van der Waals surface area contributed by atoms with Crippen molar-refractivity contribution in [3.63, 3.8) is 0 Å². The summed E-state index contributed by atoms with van der Waals surface area (Å²) in [6.07, 6.45) is 0.355. The highest BCUT2D eigenvalue weighted by Crippen LogP contribution is 2.37. The molecule has 16 heavy (non-hydrogen) atoms. The van der Waals surface area contributed by atoms with Gasteiger partial charge in [-0.05, 0) is 34.0 Å². The van der Waals surface area contributed by atoms with Crippen LogP contribution in [0.4, 0.5) is 0 Å². The van der Waals surface area contributed by atoms with Crippen LogP contribution in [-0.2, 0) is 11.2 Å². The van der Waals surface area contributed by atoms with E-state index in [0.29, 0.717) is 16.6 Å². The van der Waals surface area contributed by atoms with Crippen LogP contribution in [0.3, 0.4) is 0 Å². The van der Waals surface area contributed by atoms with E-state index in [9.17, 15) is 9.90 Å². The number of benzene rings is 1. The molecule has 0 aliphatic carbocycles. The Labute approximate surface area is 102 Å². The second-order valence-corrected chi connectivity index (χ2v) is 4.33. The molecule has 1 atom stereocenters. The van der Waals surface area contributed by atoms with Gasteiger partial charge in [0.15, 0.2) is 11.5 Å². The van der Waals surface area contributed by atoms with Gasteiger partial charge in [-0.2, -0.15) is 0 Å². The highest BCUT2D eigenvalue weighted by Gasteiger charge is 2.16. The number of carboxylic acid groups (broad SMARTS) is 1. The van der Waals surface area contributed by atoms with E-state index in [0.717, 1.165) is 5.56 Å². The van der Waals surface area contributed by atoms with Crippen LogP contribution in [0.1, 0.15) is 12.5 Å². The minimum absolute atomic E-state index is 0.00223. The van der Waals surface area contributed by atoms with Gasteiger partial charge >= 0.3 is 5.97 Å². The van der Waals surface area contributed by atoms with E-state index in [1.54, 1.807) is 19.1 Å². The number of phenols is 1. The zero-order valence-corrected chi connectivity index (χ0v) is 10.6. The predicted octanol–water partition coefficient (Wildman–Crippen LogP) is 2.43. The number of rotatable bonds is 4. The van der Waals surface area contributed by atoms with E-state index in [-0.39, 0.29) is 5.75 Å². The summed E-state index contributed by atoms with van der Waals surface area (Å²) in [5, 5.41) is 18.5. The fraction of sp³-hybridized carbons (Fsp3) is 0.364. The van der Waals surface area contributed by atoms with E-state index in [1.807, 2.05) is 0 Å². The molecule has 2 N–H and O–H groups in total. The third-order valence-electron chi connectivity index (χ3n) is 2.33. The van der Waals surface area contributed by atoms with Gasteiger partial charge in [-0.3, -0.25) is 4.79 Å². The van der Waals surface area contributed by atoms with Gasteiger partial charge in [-0.1, -0.05) is 13.0 Å². The lowest BCUT2D eigenvalue weighted by Crippen LogP contribution is -2.12. The topological polar surface area (TPSA) is 66.8 Å². The van der Waals surface area contributed by atoms with Gasteiger partial charge in [0.05, 0.1) is 17.5 Å². The molecule has 88 valence electrons. The molecule has 0 saturated carbocycles. The molecule has 0 aliphatic heterocycles. The lowest BCUT2D eigenvalue weighted by Gasteiger charge is -2.11. The molecular formula is C11H13BrO4. The van der Waals surface area contributed by atoms with Gasteiger partial charge in [0.1, 0.15) is 0 Å². The minimum Gasteiger partial charge on any atom is -0.503 e. The summed E-state index contributed by atoms with van der Waals surface area (Å²) < 4.78 is 5.42. The highest BCUT2D eigenvalue weighted by atomic mass is 79.9. The Kier molecular flexibility index (Phi) is 4.18. The van der Waals surface area contributed by atoms with Gasteiger partial charge in [0.25, 0.3) is 0 Å². The van der Waals surface area contributed by atoms with Crippen molar-refractivity contribution in [1.82, 2.24) is 0 Å².